The van der Waals surface area contributed by atoms with Gasteiger partial charge in [0, 0.05) is 5.56 Å². The molecule has 0 fully saturated rings. The van der Waals surface area contributed by atoms with Crippen molar-refractivity contribution in [3.63, 3.8) is 0 Å². The van der Waals surface area contributed by atoms with Gasteiger partial charge in [0.25, 0.3) is 5.91 Å². The Morgan fingerprint density at radius 3 is 2.47 bits per heavy atom. The molecule has 0 radical (unpaired) electrons. The molecule has 34 heavy (non-hydrogen) atoms. The lowest BCUT2D eigenvalue weighted by Gasteiger charge is -2.12. The number of ether oxygens (including phenoxy) is 3. The topological polar surface area (TPSA) is 89.4 Å². The van der Waals surface area contributed by atoms with E-state index in [1.807, 2.05) is 0 Å². The molecule has 3 aromatic carbocycles. The number of aromatic hydroxyl groups is 1. The molecule has 2 N–H and O–H groups in total. The fourth-order valence-electron chi connectivity index (χ4n) is 2.71. The van der Waals surface area contributed by atoms with Crippen molar-refractivity contribution < 1.29 is 37.3 Å². The molecule has 0 atom stereocenters. The van der Waals surface area contributed by atoms with Gasteiger partial charge in [-0.25, -0.2) is 5.43 Å². The Hall–Kier alpha value is -3.92. The van der Waals surface area contributed by atoms with Crippen LogP contribution >= 0.6 is 11.6 Å². The molecule has 1 amide bonds. The van der Waals surface area contributed by atoms with E-state index < -0.39 is 12.3 Å². The van der Waals surface area contributed by atoms with Gasteiger partial charge in [0.1, 0.15) is 18.1 Å². The predicted molar refractivity (Wildman–Crippen MR) is 119 cm³/mol. The van der Waals surface area contributed by atoms with Crippen molar-refractivity contribution in [2.45, 2.75) is 13.0 Å². The first kappa shape index (κ1) is 24.7. The summed E-state index contributed by atoms with van der Waals surface area (Å²) in [6.45, 7) is 0.0847. The Bertz CT molecular complexity index is 1180. The van der Waals surface area contributed by atoms with Crippen LogP contribution in [0, 0.1) is 0 Å². The summed E-state index contributed by atoms with van der Waals surface area (Å²) in [5, 5.41) is 13.3. The van der Waals surface area contributed by atoms with Crippen LogP contribution in [0.2, 0.25) is 5.02 Å². The van der Waals surface area contributed by atoms with Gasteiger partial charge in [-0.05, 0) is 59.7 Å². The number of amides is 1. The highest BCUT2D eigenvalue weighted by Gasteiger charge is 2.30. The second-order valence-electron chi connectivity index (χ2n) is 6.76. The summed E-state index contributed by atoms with van der Waals surface area (Å²) in [7, 11) is 1.45. The number of hydrazone groups is 1. The minimum absolute atomic E-state index is 0.0440. The van der Waals surface area contributed by atoms with Crippen molar-refractivity contribution in [1.29, 1.82) is 0 Å². The number of hydrogen-bond donors (Lipinski definition) is 2. The summed E-state index contributed by atoms with van der Waals surface area (Å²) in [5.41, 5.74) is 3.79. The Balaban J connectivity index is 1.59. The van der Waals surface area contributed by atoms with Crippen LogP contribution in [0.4, 0.5) is 13.2 Å². The van der Waals surface area contributed by atoms with Gasteiger partial charge < -0.3 is 19.3 Å². The average molecular weight is 495 g/mol. The zero-order chi connectivity index (χ0) is 24.7. The van der Waals surface area contributed by atoms with E-state index in [9.17, 15) is 23.1 Å². The van der Waals surface area contributed by atoms with Crippen LogP contribution in [-0.4, -0.2) is 30.7 Å². The number of benzene rings is 3. The number of methoxy groups -OCH3 is 1. The number of phenols is 1. The van der Waals surface area contributed by atoms with Gasteiger partial charge in [-0.1, -0.05) is 23.7 Å². The van der Waals surface area contributed by atoms with Crippen LogP contribution in [-0.2, 0) is 6.61 Å². The maximum Gasteiger partial charge on any atom is 0.573 e. The van der Waals surface area contributed by atoms with E-state index in [0.717, 1.165) is 0 Å². The third-order valence-electron chi connectivity index (χ3n) is 4.33. The first-order valence-electron chi connectivity index (χ1n) is 9.62. The highest BCUT2D eigenvalue weighted by atomic mass is 35.5. The lowest BCUT2D eigenvalue weighted by Crippen LogP contribution is -2.17. The molecular weight excluding hydrogens is 477 g/mol. The predicted octanol–water partition coefficient (Wildman–Crippen LogP) is 5.30. The van der Waals surface area contributed by atoms with E-state index in [0.29, 0.717) is 22.6 Å². The van der Waals surface area contributed by atoms with Crippen LogP contribution < -0.4 is 19.6 Å². The zero-order valence-corrected chi connectivity index (χ0v) is 18.4. The van der Waals surface area contributed by atoms with Crippen molar-refractivity contribution in [3.8, 4) is 23.0 Å². The van der Waals surface area contributed by atoms with Gasteiger partial charge >= 0.3 is 6.36 Å². The molecule has 0 aliphatic rings. The molecule has 11 heteroatoms. The maximum absolute atomic E-state index is 12.2. The number of hydrogen-bond acceptors (Lipinski definition) is 6. The van der Waals surface area contributed by atoms with Gasteiger partial charge in [0.15, 0.2) is 11.5 Å². The van der Waals surface area contributed by atoms with Crippen molar-refractivity contribution in [2.75, 3.05) is 7.11 Å². The van der Waals surface area contributed by atoms with E-state index >= 15 is 0 Å². The first-order valence-corrected chi connectivity index (χ1v) is 10.00. The average Bonchev–Trinajstić information content (AvgIpc) is 2.79. The highest BCUT2D eigenvalue weighted by Crippen LogP contribution is 2.29. The minimum Gasteiger partial charge on any atom is -0.506 e. The number of phenolic OH excluding ortho intramolecular Hbond substituents is 1. The molecule has 0 saturated heterocycles. The van der Waals surface area contributed by atoms with Crippen molar-refractivity contribution in [1.82, 2.24) is 5.43 Å². The number of rotatable bonds is 8. The smallest absolute Gasteiger partial charge is 0.506 e. The standard InChI is InChI=1S/C23H18ClF3N2O5/c1-32-21-10-15(12-28-29-22(31)16-5-8-19(30)18(24)11-16)4-9-20(21)33-13-14-2-6-17(7-3-14)34-23(25,26)27/h2-12,30H,13H2,1H3,(H,29,31). The molecule has 0 aliphatic heterocycles. The molecule has 0 bridgehead atoms. The Labute approximate surface area is 197 Å². The lowest BCUT2D eigenvalue weighted by atomic mass is 10.2. The fourth-order valence-corrected chi connectivity index (χ4v) is 2.89. The van der Waals surface area contributed by atoms with E-state index in [-0.39, 0.29) is 28.7 Å². The van der Waals surface area contributed by atoms with Crippen molar-refractivity contribution >= 4 is 23.7 Å². The van der Waals surface area contributed by atoms with Crippen LogP contribution in [0.15, 0.2) is 65.8 Å². The second-order valence-corrected chi connectivity index (χ2v) is 7.16. The monoisotopic (exact) mass is 494 g/mol. The van der Waals surface area contributed by atoms with Crippen molar-refractivity contribution in [2.24, 2.45) is 5.10 Å². The molecule has 0 unspecified atom stereocenters. The van der Waals surface area contributed by atoms with E-state index in [4.69, 9.17) is 21.1 Å². The number of carbonyl (C=O) groups excluding carboxylic acids is 1. The molecule has 0 aromatic heterocycles. The molecule has 178 valence electrons. The summed E-state index contributed by atoms with van der Waals surface area (Å²) >= 11 is 5.79. The Kier molecular flexibility index (Phi) is 7.85. The summed E-state index contributed by atoms with van der Waals surface area (Å²) in [6.07, 6.45) is -3.36. The fraction of sp³-hybridized carbons (Fsp3) is 0.130. The van der Waals surface area contributed by atoms with E-state index in [2.05, 4.69) is 15.3 Å². The second kappa shape index (κ2) is 10.8. The van der Waals surface area contributed by atoms with Gasteiger partial charge in [0.05, 0.1) is 18.3 Å². The summed E-state index contributed by atoms with van der Waals surface area (Å²) in [5.74, 6) is -0.186. The maximum atomic E-state index is 12.2. The number of nitrogens with one attached hydrogen (secondary N) is 1. The van der Waals surface area contributed by atoms with E-state index in [1.165, 1.54) is 55.8 Å². The summed E-state index contributed by atoms with van der Waals surface area (Å²) in [4.78, 5) is 12.1. The van der Waals surface area contributed by atoms with Crippen LogP contribution in [0.3, 0.4) is 0 Å². The summed E-state index contributed by atoms with van der Waals surface area (Å²) < 4.78 is 51.6. The molecule has 0 saturated carbocycles. The third kappa shape index (κ3) is 7.04. The largest absolute Gasteiger partial charge is 0.573 e. The number of carbonyl (C=O) groups is 1. The molecule has 3 rings (SSSR count). The highest BCUT2D eigenvalue weighted by molar-refractivity contribution is 6.32. The van der Waals surface area contributed by atoms with Crippen LogP contribution in [0.5, 0.6) is 23.0 Å². The summed E-state index contributed by atoms with van der Waals surface area (Å²) in [6, 6.07) is 14.3. The molecule has 7 nitrogen and oxygen atoms in total. The zero-order valence-electron chi connectivity index (χ0n) is 17.6. The molecule has 3 aromatic rings. The van der Waals surface area contributed by atoms with Crippen molar-refractivity contribution in [3.05, 3.63) is 82.4 Å². The van der Waals surface area contributed by atoms with Gasteiger partial charge in [0.2, 0.25) is 0 Å². The number of halogens is 4. The molecule has 0 spiro atoms. The minimum atomic E-state index is -4.75. The lowest BCUT2D eigenvalue weighted by molar-refractivity contribution is -0.274. The quantitative estimate of drug-likeness (QED) is 0.328. The van der Waals surface area contributed by atoms with Gasteiger partial charge in [-0.2, -0.15) is 5.10 Å². The molecule has 0 aliphatic carbocycles. The number of nitrogens with zero attached hydrogens (tertiary/aromatic N) is 1. The SMILES string of the molecule is COc1cc(C=NNC(=O)c2ccc(O)c(Cl)c2)ccc1OCc1ccc(OC(F)(F)F)cc1. The molecule has 0 heterocycles. The van der Waals surface area contributed by atoms with Crippen LogP contribution in [0.25, 0.3) is 0 Å². The van der Waals surface area contributed by atoms with E-state index in [1.54, 1.807) is 18.2 Å². The first-order chi connectivity index (χ1) is 16.1. The van der Waals surface area contributed by atoms with Gasteiger partial charge in [-0.3, -0.25) is 4.79 Å². The number of alkyl halides is 3. The Morgan fingerprint density at radius 1 is 1.09 bits per heavy atom. The Morgan fingerprint density at radius 2 is 1.82 bits per heavy atom. The van der Waals surface area contributed by atoms with Crippen LogP contribution in [0.1, 0.15) is 21.5 Å². The third-order valence-corrected chi connectivity index (χ3v) is 4.63. The molecular formula is C23H18ClF3N2O5. The van der Waals surface area contributed by atoms with Gasteiger partial charge in [-0.15, -0.1) is 13.2 Å². The normalized spacial score (nSPS) is 11.3.